The Morgan fingerprint density at radius 1 is 1.11 bits per heavy atom. The Labute approximate surface area is 216 Å². The number of fused-ring (bicyclic) bond motifs is 1. The third-order valence-corrected chi connectivity index (χ3v) is 6.70. The molecule has 10 heteroatoms. The van der Waals surface area contributed by atoms with Gasteiger partial charge in [-0.05, 0) is 37.0 Å². The lowest BCUT2D eigenvalue weighted by atomic mass is 9.98. The SMILES string of the molecule is COc1ccccc1-c1cc(-c2ccn(C)n2)ncc1C(=O)Nc1nc2ncc(C#CC3CC3)nc2s1. The number of aromatic nitrogens is 6. The van der Waals surface area contributed by atoms with E-state index in [4.69, 9.17) is 4.74 Å². The number of rotatable bonds is 5. The first-order valence-corrected chi connectivity index (χ1v) is 12.5. The fourth-order valence-corrected chi connectivity index (χ4v) is 4.61. The van der Waals surface area contributed by atoms with Gasteiger partial charge < -0.3 is 4.74 Å². The Morgan fingerprint density at radius 2 is 1.97 bits per heavy atom. The van der Waals surface area contributed by atoms with Gasteiger partial charge in [-0.25, -0.2) is 9.97 Å². The number of carbonyl (C=O) groups is 1. The van der Waals surface area contributed by atoms with Gasteiger partial charge in [0.25, 0.3) is 5.91 Å². The Balaban J connectivity index is 1.35. The third kappa shape index (κ3) is 4.77. The molecule has 0 saturated heterocycles. The van der Waals surface area contributed by atoms with Crippen LogP contribution in [0, 0.1) is 17.8 Å². The standard InChI is InChI=1S/C27H21N7O2S/c1-34-12-11-21(33-34)22-13-19(18-5-3-4-6-23(18)36-2)20(15-28-22)25(35)32-27-31-24-26(37-27)30-17(14-29-24)10-9-16-7-8-16/h3-6,11-16H,7-8H2,1-2H3,(H,29,31,32,35). The molecule has 1 fully saturated rings. The van der Waals surface area contributed by atoms with Gasteiger partial charge >= 0.3 is 0 Å². The molecule has 1 aliphatic carbocycles. The van der Waals surface area contributed by atoms with Gasteiger partial charge in [0.15, 0.2) is 15.6 Å². The van der Waals surface area contributed by atoms with Crippen LogP contribution in [0.25, 0.3) is 33.0 Å². The van der Waals surface area contributed by atoms with Crippen molar-refractivity contribution < 1.29 is 9.53 Å². The van der Waals surface area contributed by atoms with E-state index in [0.29, 0.717) is 55.5 Å². The summed E-state index contributed by atoms with van der Waals surface area (Å²) in [7, 11) is 3.45. The second-order valence-electron chi connectivity index (χ2n) is 8.59. The van der Waals surface area contributed by atoms with Gasteiger partial charge in [-0.15, -0.1) is 0 Å². The van der Waals surface area contributed by atoms with Crippen molar-refractivity contribution in [3.8, 4) is 40.1 Å². The molecule has 4 aromatic heterocycles. The molecule has 0 radical (unpaired) electrons. The number of pyridine rings is 1. The number of nitrogens with zero attached hydrogens (tertiary/aromatic N) is 6. The maximum atomic E-state index is 13.5. The quantitative estimate of drug-likeness (QED) is 0.347. The molecule has 9 nitrogen and oxygen atoms in total. The highest BCUT2D eigenvalue weighted by Gasteiger charge is 2.21. The van der Waals surface area contributed by atoms with Gasteiger partial charge in [-0.2, -0.15) is 10.1 Å². The lowest BCUT2D eigenvalue weighted by Crippen LogP contribution is -2.14. The molecule has 6 rings (SSSR count). The number of methoxy groups -OCH3 is 1. The fraction of sp³-hybridized carbons (Fsp3) is 0.185. The van der Waals surface area contributed by atoms with Crippen molar-refractivity contribution in [1.82, 2.24) is 29.7 Å². The molecule has 1 N–H and O–H groups in total. The van der Waals surface area contributed by atoms with Gasteiger partial charge in [-0.3, -0.25) is 19.8 Å². The molecule has 0 spiro atoms. The molecular weight excluding hydrogens is 486 g/mol. The molecule has 0 bridgehead atoms. The highest BCUT2D eigenvalue weighted by Crippen LogP contribution is 2.35. The molecule has 5 aromatic rings. The maximum Gasteiger partial charge on any atom is 0.259 e. The number of benzene rings is 1. The molecule has 1 aliphatic rings. The van der Waals surface area contributed by atoms with Gasteiger partial charge in [0, 0.05) is 36.5 Å². The van der Waals surface area contributed by atoms with Crippen LogP contribution >= 0.6 is 11.3 Å². The maximum absolute atomic E-state index is 13.5. The van der Waals surface area contributed by atoms with E-state index in [1.807, 2.05) is 49.6 Å². The number of ether oxygens (including phenoxy) is 1. The van der Waals surface area contributed by atoms with E-state index in [1.165, 1.54) is 11.3 Å². The van der Waals surface area contributed by atoms with E-state index in [9.17, 15) is 4.79 Å². The minimum atomic E-state index is -0.353. The summed E-state index contributed by atoms with van der Waals surface area (Å²) in [6, 6.07) is 11.3. The van der Waals surface area contributed by atoms with Crippen LogP contribution in [0.1, 0.15) is 28.9 Å². The van der Waals surface area contributed by atoms with Crippen LogP contribution < -0.4 is 10.1 Å². The highest BCUT2D eigenvalue weighted by atomic mass is 32.1. The number of anilines is 1. The van der Waals surface area contributed by atoms with Crippen molar-refractivity contribution >= 4 is 32.9 Å². The smallest absolute Gasteiger partial charge is 0.259 e. The predicted molar refractivity (Wildman–Crippen MR) is 141 cm³/mol. The van der Waals surface area contributed by atoms with Gasteiger partial charge in [0.2, 0.25) is 0 Å². The zero-order chi connectivity index (χ0) is 25.4. The van der Waals surface area contributed by atoms with E-state index in [2.05, 4.69) is 42.2 Å². The Kier molecular flexibility index (Phi) is 5.82. The van der Waals surface area contributed by atoms with Crippen molar-refractivity contribution in [1.29, 1.82) is 0 Å². The van der Waals surface area contributed by atoms with Gasteiger partial charge in [0.1, 0.15) is 17.1 Å². The average Bonchev–Trinajstić information content (AvgIpc) is 3.51. The molecular formula is C27H21N7O2S. The van der Waals surface area contributed by atoms with Crippen LogP contribution in [0.4, 0.5) is 5.13 Å². The Bertz CT molecular complexity index is 1710. The fourth-order valence-electron chi connectivity index (χ4n) is 3.82. The second kappa shape index (κ2) is 9.44. The molecule has 1 saturated carbocycles. The number of para-hydroxylation sites is 1. The average molecular weight is 508 g/mol. The summed E-state index contributed by atoms with van der Waals surface area (Å²) in [5.41, 5.74) is 4.22. The number of hydrogen-bond donors (Lipinski definition) is 1. The predicted octanol–water partition coefficient (Wildman–Crippen LogP) is 4.57. The highest BCUT2D eigenvalue weighted by molar-refractivity contribution is 7.21. The van der Waals surface area contributed by atoms with Crippen LogP contribution in [0.5, 0.6) is 5.75 Å². The Hall–Kier alpha value is -4.62. The van der Waals surface area contributed by atoms with Crippen LogP contribution in [0.15, 0.2) is 55.0 Å². The monoisotopic (exact) mass is 507 g/mol. The summed E-state index contributed by atoms with van der Waals surface area (Å²) in [4.78, 5) is 32.0. The molecule has 37 heavy (non-hydrogen) atoms. The zero-order valence-electron chi connectivity index (χ0n) is 20.1. The summed E-state index contributed by atoms with van der Waals surface area (Å²) in [5, 5.41) is 7.73. The molecule has 1 amide bonds. The molecule has 0 unspecified atom stereocenters. The number of carbonyl (C=O) groups excluding carboxylic acids is 1. The number of aryl methyl sites for hydroxylation is 1. The van der Waals surface area contributed by atoms with Crippen LogP contribution in [0.2, 0.25) is 0 Å². The minimum absolute atomic E-state index is 0.353. The molecule has 1 aromatic carbocycles. The third-order valence-electron chi connectivity index (χ3n) is 5.85. The van der Waals surface area contributed by atoms with Crippen molar-refractivity contribution in [3.05, 3.63) is 66.2 Å². The van der Waals surface area contributed by atoms with E-state index in [-0.39, 0.29) is 5.91 Å². The molecule has 0 aliphatic heterocycles. The van der Waals surface area contributed by atoms with Crippen molar-refractivity contribution in [2.24, 2.45) is 13.0 Å². The van der Waals surface area contributed by atoms with Crippen molar-refractivity contribution in [3.63, 3.8) is 0 Å². The number of thiazole rings is 1. The Morgan fingerprint density at radius 3 is 2.76 bits per heavy atom. The first-order valence-electron chi connectivity index (χ1n) is 11.7. The normalized spacial score (nSPS) is 12.7. The molecule has 0 atom stereocenters. The first-order chi connectivity index (χ1) is 18.1. The second-order valence-corrected chi connectivity index (χ2v) is 9.57. The van der Waals surface area contributed by atoms with E-state index < -0.39 is 0 Å². The van der Waals surface area contributed by atoms with E-state index in [1.54, 1.807) is 24.2 Å². The summed E-state index contributed by atoms with van der Waals surface area (Å²) in [6.07, 6.45) is 7.31. The van der Waals surface area contributed by atoms with Crippen LogP contribution in [-0.4, -0.2) is 42.7 Å². The van der Waals surface area contributed by atoms with Gasteiger partial charge in [0.05, 0.1) is 24.6 Å². The summed E-state index contributed by atoms with van der Waals surface area (Å²) in [5.74, 6) is 7.02. The van der Waals surface area contributed by atoms with Crippen LogP contribution in [0.3, 0.4) is 0 Å². The first kappa shape index (κ1) is 22.8. The summed E-state index contributed by atoms with van der Waals surface area (Å²) < 4.78 is 7.29. The largest absolute Gasteiger partial charge is 0.496 e. The number of hydrogen-bond acceptors (Lipinski definition) is 8. The van der Waals surface area contributed by atoms with Crippen LogP contribution in [-0.2, 0) is 7.05 Å². The lowest BCUT2D eigenvalue weighted by Gasteiger charge is -2.13. The molecule has 4 heterocycles. The zero-order valence-corrected chi connectivity index (χ0v) is 20.9. The molecule has 182 valence electrons. The summed E-state index contributed by atoms with van der Waals surface area (Å²) >= 11 is 1.25. The topological polar surface area (TPSA) is 108 Å². The number of amides is 1. The van der Waals surface area contributed by atoms with Crippen molar-refractivity contribution in [2.75, 3.05) is 12.4 Å². The minimum Gasteiger partial charge on any atom is -0.496 e. The number of nitrogens with one attached hydrogen (secondary N) is 1. The van der Waals surface area contributed by atoms with E-state index >= 15 is 0 Å². The lowest BCUT2D eigenvalue weighted by molar-refractivity contribution is 0.102. The van der Waals surface area contributed by atoms with Crippen molar-refractivity contribution in [2.45, 2.75) is 12.8 Å². The summed E-state index contributed by atoms with van der Waals surface area (Å²) in [6.45, 7) is 0. The van der Waals surface area contributed by atoms with Gasteiger partial charge in [-0.1, -0.05) is 35.5 Å². The van der Waals surface area contributed by atoms with E-state index in [0.717, 1.165) is 18.4 Å².